The zero-order chi connectivity index (χ0) is 31.1. The Hall–Kier alpha value is -5.35. The van der Waals surface area contributed by atoms with Gasteiger partial charge >= 0.3 is 30.1 Å². The number of aromatic nitrogens is 1. The van der Waals surface area contributed by atoms with Gasteiger partial charge in [-0.1, -0.05) is 54.6 Å². The Morgan fingerprint density at radius 1 is 0.636 bits per heavy atom. The third-order valence-electron chi connectivity index (χ3n) is 7.06. The first-order chi connectivity index (χ1) is 21.4. The largest absolute Gasteiger partial charge is 0.465 e. The lowest BCUT2D eigenvalue weighted by Crippen LogP contribution is -2.50. The maximum atomic E-state index is 13.4. The summed E-state index contributed by atoms with van der Waals surface area (Å²) in [5.74, 6) is -2.57. The number of methoxy groups -OCH3 is 1. The number of esters is 4. The van der Waals surface area contributed by atoms with Crippen molar-refractivity contribution in [2.45, 2.75) is 31.5 Å². The molecule has 0 radical (unpaired) electrons. The molecular weight excluding hydrogens is 566 g/mol. The first-order valence-corrected chi connectivity index (χ1v) is 13.9. The van der Waals surface area contributed by atoms with E-state index in [4.69, 9.17) is 23.7 Å². The van der Waals surface area contributed by atoms with E-state index in [1.165, 1.54) is 13.3 Å². The molecule has 0 saturated carbocycles. The number of nitrogens with zero attached hydrogens (tertiary/aromatic N) is 1. The van der Waals surface area contributed by atoms with Crippen molar-refractivity contribution >= 4 is 23.9 Å². The van der Waals surface area contributed by atoms with Crippen LogP contribution in [0.25, 0.3) is 0 Å². The van der Waals surface area contributed by atoms with Crippen LogP contribution in [0.15, 0.2) is 109 Å². The highest BCUT2D eigenvalue weighted by atomic mass is 16.7. The molecule has 1 aliphatic rings. The number of pyridine rings is 1. The van der Waals surface area contributed by atoms with Gasteiger partial charge < -0.3 is 23.7 Å². The van der Waals surface area contributed by atoms with Gasteiger partial charge in [-0.3, -0.25) is 0 Å². The summed E-state index contributed by atoms with van der Waals surface area (Å²) >= 11 is 0. The van der Waals surface area contributed by atoms with Crippen molar-refractivity contribution in [2.24, 2.45) is 0 Å². The number of aryl methyl sites for hydroxylation is 1. The van der Waals surface area contributed by atoms with Crippen LogP contribution < -0.4 is 4.57 Å². The number of benzene rings is 3. The molecule has 5 rings (SSSR count). The molecule has 1 aromatic heterocycles. The summed E-state index contributed by atoms with van der Waals surface area (Å²) in [5.41, 5.74) is 1.71. The molecule has 1 saturated heterocycles. The smallest absolute Gasteiger partial charge is 0.343 e. The lowest BCUT2D eigenvalue weighted by atomic mass is 10.1. The third-order valence-corrected chi connectivity index (χ3v) is 7.06. The molecule has 0 amide bonds. The van der Waals surface area contributed by atoms with E-state index in [9.17, 15) is 19.2 Å². The van der Waals surface area contributed by atoms with Crippen LogP contribution in [0, 0.1) is 6.92 Å². The lowest BCUT2D eigenvalue weighted by molar-refractivity contribution is -0.770. The van der Waals surface area contributed by atoms with Crippen LogP contribution in [0.2, 0.25) is 0 Å². The quantitative estimate of drug-likeness (QED) is 0.159. The molecule has 224 valence electrons. The number of hydrogen-bond donors (Lipinski definition) is 0. The summed E-state index contributed by atoms with van der Waals surface area (Å²) in [4.78, 5) is 51.9. The first-order valence-electron chi connectivity index (χ1n) is 13.9. The Morgan fingerprint density at radius 2 is 1.14 bits per heavy atom. The van der Waals surface area contributed by atoms with E-state index in [2.05, 4.69) is 0 Å². The van der Waals surface area contributed by atoms with Gasteiger partial charge in [-0.25, -0.2) is 19.2 Å². The summed E-state index contributed by atoms with van der Waals surface area (Å²) in [7, 11) is 1.26. The molecule has 0 aliphatic carbocycles. The second-order valence-electron chi connectivity index (χ2n) is 9.96. The summed E-state index contributed by atoms with van der Waals surface area (Å²) in [6, 6.07) is 28.3. The van der Waals surface area contributed by atoms with Crippen molar-refractivity contribution in [3.05, 3.63) is 137 Å². The van der Waals surface area contributed by atoms with Crippen molar-refractivity contribution in [3.8, 4) is 0 Å². The highest BCUT2D eigenvalue weighted by molar-refractivity contribution is 5.91. The van der Waals surface area contributed by atoms with Crippen molar-refractivity contribution in [2.75, 3.05) is 13.7 Å². The fourth-order valence-corrected chi connectivity index (χ4v) is 4.79. The van der Waals surface area contributed by atoms with E-state index in [0.29, 0.717) is 11.3 Å². The molecule has 0 bridgehead atoms. The van der Waals surface area contributed by atoms with Gasteiger partial charge in [0.25, 0.3) is 0 Å². The Balaban J connectivity index is 1.53. The fourth-order valence-electron chi connectivity index (χ4n) is 4.79. The van der Waals surface area contributed by atoms with Crippen molar-refractivity contribution in [1.82, 2.24) is 0 Å². The van der Waals surface area contributed by atoms with Gasteiger partial charge in [0.1, 0.15) is 18.3 Å². The topological polar surface area (TPSA) is 118 Å². The third kappa shape index (κ3) is 6.82. The van der Waals surface area contributed by atoms with Crippen molar-refractivity contribution in [1.29, 1.82) is 0 Å². The van der Waals surface area contributed by atoms with E-state index in [-0.39, 0.29) is 23.3 Å². The Morgan fingerprint density at radius 3 is 1.66 bits per heavy atom. The van der Waals surface area contributed by atoms with Crippen LogP contribution in [0.4, 0.5) is 0 Å². The molecule has 10 nitrogen and oxygen atoms in total. The number of rotatable bonds is 9. The molecule has 10 heteroatoms. The average molecular weight is 597 g/mol. The van der Waals surface area contributed by atoms with Gasteiger partial charge in [-0.2, -0.15) is 4.57 Å². The van der Waals surface area contributed by atoms with Gasteiger partial charge in [0.15, 0.2) is 18.0 Å². The Kier molecular flexibility index (Phi) is 9.41. The Labute approximate surface area is 253 Å². The molecule has 0 spiro atoms. The van der Waals surface area contributed by atoms with Crippen LogP contribution in [0.3, 0.4) is 0 Å². The summed E-state index contributed by atoms with van der Waals surface area (Å²) in [6.07, 6.45) is -3.06. The van der Waals surface area contributed by atoms with Crippen LogP contribution in [0.5, 0.6) is 0 Å². The molecule has 44 heavy (non-hydrogen) atoms. The maximum absolute atomic E-state index is 13.4. The first kappa shape index (κ1) is 30.1. The normalized spacial score (nSPS) is 19.0. The van der Waals surface area contributed by atoms with E-state index < -0.39 is 48.4 Å². The van der Waals surface area contributed by atoms with Gasteiger partial charge in [0.05, 0.1) is 23.8 Å². The maximum Gasteiger partial charge on any atom is 0.343 e. The second-order valence-corrected chi connectivity index (χ2v) is 9.96. The summed E-state index contributed by atoms with van der Waals surface area (Å²) < 4.78 is 30.4. The van der Waals surface area contributed by atoms with Crippen LogP contribution in [0.1, 0.15) is 53.4 Å². The molecule has 3 aromatic carbocycles. The number of carbonyl (C=O) groups excluding carboxylic acids is 4. The summed E-state index contributed by atoms with van der Waals surface area (Å²) in [5, 5.41) is 0. The molecule has 1 fully saturated rings. The molecular formula is C34H30NO9+. The van der Waals surface area contributed by atoms with Gasteiger partial charge in [0, 0.05) is 13.0 Å². The van der Waals surface area contributed by atoms with E-state index in [1.54, 1.807) is 115 Å². The fraction of sp³-hybridized carbons (Fsp3) is 0.206. The van der Waals surface area contributed by atoms with Crippen LogP contribution in [-0.4, -0.2) is 55.9 Å². The Bertz CT molecular complexity index is 1630. The van der Waals surface area contributed by atoms with Crippen molar-refractivity contribution in [3.63, 3.8) is 0 Å². The number of carbonyl (C=O) groups is 4. The van der Waals surface area contributed by atoms with E-state index >= 15 is 0 Å². The monoisotopic (exact) mass is 596 g/mol. The van der Waals surface area contributed by atoms with Crippen molar-refractivity contribution < 1.29 is 47.4 Å². The van der Waals surface area contributed by atoms with Crippen LogP contribution in [-0.2, 0) is 23.7 Å². The van der Waals surface area contributed by atoms with Crippen LogP contribution >= 0.6 is 0 Å². The lowest BCUT2D eigenvalue weighted by Gasteiger charge is -2.23. The molecule has 0 unspecified atom stereocenters. The number of ether oxygens (including phenoxy) is 5. The van der Waals surface area contributed by atoms with E-state index in [1.807, 2.05) is 0 Å². The minimum absolute atomic E-state index is 0.214. The average Bonchev–Trinajstić information content (AvgIpc) is 3.40. The second kappa shape index (κ2) is 13.7. The molecule has 1 aliphatic heterocycles. The minimum atomic E-state index is -1.22. The molecule has 2 heterocycles. The molecule has 4 aromatic rings. The highest BCUT2D eigenvalue weighted by Gasteiger charge is 2.55. The number of hydrogen-bond acceptors (Lipinski definition) is 9. The van der Waals surface area contributed by atoms with Gasteiger partial charge in [-0.15, -0.1) is 0 Å². The predicted molar refractivity (Wildman–Crippen MR) is 155 cm³/mol. The predicted octanol–water partition coefficient (Wildman–Crippen LogP) is 4.27. The molecule has 0 N–H and O–H groups in total. The van der Waals surface area contributed by atoms with Gasteiger partial charge in [0.2, 0.25) is 6.10 Å². The molecule has 4 atom stereocenters. The standard InChI is InChI=1S/C34H30NO9/c1-22-18-19-26(31(36)40-2)20-35(22)30-29(44-34(39)25-16-10-5-11-17-25)28(43-33(38)24-14-8-4-9-15-24)27(42-30)21-41-32(37)23-12-6-3-7-13-23/h3-20,27-30H,21H2,1-2H3/q+1/t27-,28+,29+,30-/m0/s1. The van der Waals surface area contributed by atoms with E-state index in [0.717, 1.165) is 0 Å². The highest BCUT2D eigenvalue weighted by Crippen LogP contribution is 2.33. The zero-order valence-corrected chi connectivity index (χ0v) is 24.0. The van der Waals surface area contributed by atoms with Gasteiger partial charge in [-0.05, 0) is 42.5 Å². The zero-order valence-electron chi connectivity index (χ0n) is 24.0. The summed E-state index contributed by atoms with van der Waals surface area (Å²) in [6.45, 7) is 1.45. The SMILES string of the molecule is COC(=O)c1ccc(C)[n+]([C@H]2O[C@@H](COC(=O)c3ccccc3)[C@@H](OC(=O)c3ccccc3)[C@H]2OC(=O)c2ccccc2)c1. The minimum Gasteiger partial charge on any atom is -0.465 e.